The van der Waals surface area contributed by atoms with E-state index in [1.807, 2.05) is 31.3 Å². The first kappa shape index (κ1) is 27.6. The lowest BCUT2D eigenvalue weighted by Crippen LogP contribution is -2.17. The summed E-state index contributed by atoms with van der Waals surface area (Å²) in [6, 6.07) is 20.6. The number of rotatable bonds is 13. The van der Waals surface area contributed by atoms with Crippen molar-refractivity contribution in [1.82, 2.24) is 4.98 Å². The van der Waals surface area contributed by atoms with Gasteiger partial charge in [-0.2, -0.15) is 0 Å². The van der Waals surface area contributed by atoms with Crippen LogP contribution >= 0.6 is 0 Å². The Morgan fingerprint density at radius 1 is 1.00 bits per heavy atom. The van der Waals surface area contributed by atoms with E-state index in [1.165, 1.54) is 5.56 Å². The van der Waals surface area contributed by atoms with Crippen LogP contribution in [0.2, 0.25) is 0 Å². The summed E-state index contributed by atoms with van der Waals surface area (Å²) < 4.78 is 22.4. The number of pyridine rings is 1. The van der Waals surface area contributed by atoms with Gasteiger partial charge in [0, 0.05) is 36.4 Å². The summed E-state index contributed by atoms with van der Waals surface area (Å²) in [6.45, 7) is 4.36. The van der Waals surface area contributed by atoms with Crippen molar-refractivity contribution in [2.75, 3.05) is 26.4 Å². The molecule has 1 aliphatic heterocycles. The lowest BCUT2D eigenvalue weighted by molar-refractivity contribution is -0.183. The molecule has 38 heavy (non-hydrogen) atoms. The minimum absolute atomic E-state index is 0.125. The largest absolute Gasteiger partial charge is 0.493 e. The number of unbranched alkanes of at least 4 members (excludes halogenated alkanes) is 2. The molecule has 0 bridgehead atoms. The maximum absolute atomic E-state index is 11.6. The standard InChI is InChI=1S/C32H37NO5/c1-2-35-31(34)10-5-3-4-9-30(28-8-6-20-33-24-28)26-15-17-29(18-16-26)36-23-19-25-11-13-27(14-12-25)32-37-21-7-22-38-32/h6,8-9,11-18,20,24,32H,2-5,7,10,19,21-23H2,1H3/b30-9+. The first-order valence-electron chi connectivity index (χ1n) is 13.5. The Hall–Kier alpha value is -3.48. The van der Waals surface area contributed by atoms with Gasteiger partial charge in [0.2, 0.25) is 0 Å². The number of benzene rings is 2. The normalized spacial score (nSPS) is 14.3. The van der Waals surface area contributed by atoms with Crippen LogP contribution in [0.25, 0.3) is 5.57 Å². The van der Waals surface area contributed by atoms with Gasteiger partial charge in [-0.25, -0.2) is 0 Å². The Morgan fingerprint density at radius 2 is 1.79 bits per heavy atom. The van der Waals surface area contributed by atoms with Gasteiger partial charge in [0.05, 0.1) is 26.4 Å². The summed E-state index contributed by atoms with van der Waals surface area (Å²) in [4.78, 5) is 15.9. The zero-order chi connectivity index (χ0) is 26.4. The summed E-state index contributed by atoms with van der Waals surface area (Å²) in [6.07, 6.45) is 10.5. The topological polar surface area (TPSA) is 66.9 Å². The molecule has 2 heterocycles. The zero-order valence-electron chi connectivity index (χ0n) is 22.1. The van der Waals surface area contributed by atoms with Gasteiger partial charge in [0.15, 0.2) is 6.29 Å². The second kappa shape index (κ2) is 15.1. The van der Waals surface area contributed by atoms with Crippen LogP contribution in [-0.2, 0) is 25.4 Å². The van der Waals surface area contributed by atoms with Crippen molar-refractivity contribution in [3.8, 4) is 5.75 Å². The summed E-state index contributed by atoms with van der Waals surface area (Å²) in [5.74, 6) is 0.717. The summed E-state index contributed by atoms with van der Waals surface area (Å²) in [7, 11) is 0. The van der Waals surface area contributed by atoms with Crippen molar-refractivity contribution in [1.29, 1.82) is 0 Å². The molecule has 1 aromatic heterocycles. The Morgan fingerprint density at radius 3 is 2.50 bits per heavy atom. The molecule has 0 saturated carbocycles. The van der Waals surface area contributed by atoms with Crippen LogP contribution in [0.4, 0.5) is 0 Å². The Kier molecular flexibility index (Phi) is 10.9. The molecular weight excluding hydrogens is 478 g/mol. The van der Waals surface area contributed by atoms with Crippen molar-refractivity contribution in [3.63, 3.8) is 0 Å². The number of carbonyl (C=O) groups excluding carboxylic acids is 1. The molecule has 0 N–H and O–H groups in total. The van der Waals surface area contributed by atoms with Crippen LogP contribution in [0.3, 0.4) is 0 Å². The van der Waals surface area contributed by atoms with Gasteiger partial charge < -0.3 is 18.9 Å². The fourth-order valence-electron chi connectivity index (χ4n) is 4.36. The second-order valence-electron chi connectivity index (χ2n) is 9.20. The number of hydrogen-bond donors (Lipinski definition) is 0. The molecule has 1 aliphatic rings. The molecule has 0 radical (unpaired) electrons. The number of hydrogen-bond acceptors (Lipinski definition) is 6. The molecule has 0 amide bonds. The Bertz CT molecular complexity index is 1140. The van der Waals surface area contributed by atoms with Gasteiger partial charge in [-0.05, 0) is 67.5 Å². The average Bonchev–Trinajstić information content (AvgIpc) is 2.97. The number of aromatic nitrogens is 1. The van der Waals surface area contributed by atoms with Crippen LogP contribution in [0.15, 0.2) is 79.1 Å². The van der Waals surface area contributed by atoms with Gasteiger partial charge in [0.1, 0.15) is 5.75 Å². The first-order chi connectivity index (χ1) is 18.7. The van der Waals surface area contributed by atoms with Crippen LogP contribution in [0, 0.1) is 0 Å². The predicted octanol–water partition coefficient (Wildman–Crippen LogP) is 6.69. The fraction of sp³-hybridized carbons (Fsp3) is 0.375. The van der Waals surface area contributed by atoms with Crippen LogP contribution in [-0.4, -0.2) is 37.4 Å². The maximum atomic E-state index is 11.6. The van der Waals surface area contributed by atoms with E-state index in [-0.39, 0.29) is 12.3 Å². The molecule has 6 nitrogen and oxygen atoms in total. The van der Waals surface area contributed by atoms with Crippen LogP contribution in [0.1, 0.15) is 67.6 Å². The highest BCUT2D eigenvalue weighted by Gasteiger charge is 2.16. The SMILES string of the molecule is CCOC(=O)CCCC/C=C(\c1ccc(OCCc2ccc(C3OCCCO3)cc2)cc1)c1cccnc1. The number of ether oxygens (including phenoxy) is 4. The molecule has 0 aliphatic carbocycles. The lowest BCUT2D eigenvalue weighted by atomic mass is 9.97. The van der Waals surface area contributed by atoms with E-state index in [0.717, 1.165) is 73.3 Å². The summed E-state index contributed by atoms with van der Waals surface area (Å²) in [5, 5.41) is 0. The molecular formula is C32H37NO5. The molecule has 1 fully saturated rings. The maximum Gasteiger partial charge on any atom is 0.305 e. The van der Waals surface area contributed by atoms with Crippen molar-refractivity contribution in [3.05, 3.63) is 101 Å². The second-order valence-corrected chi connectivity index (χ2v) is 9.20. The number of esters is 1. The van der Waals surface area contributed by atoms with Gasteiger partial charge in [-0.1, -0.05) is 48.5 Å². The quantitative estimate of drug-likeness (QED) is 0.187. The smallest absolute Gasteiger partial charge is 0.305 e. The third kappa shape index (κ3) is 8.54. The molecule has 0 unspecified atom stereocenters. The number of allylic oxidation sites excluding steroid dienone is 1. The molecule has 2 aromatic carbocycles. The van der Waals surface area contributed by atoms with Gasteiger partial charge in [0.25, 0.3) is 0 Å². The zero-order valence-corrected chi connectivity index (χ0v) is 22.1. The third-order valence-electron chi connectivity index (χ3n) is 6.37. The highest BCUT2D eigenvalue weighted by atomic mass is 16.7. The fourth-order valence-corrected chi connectivity index (χ4v) is 4.36. The van der Waals surface area contributed by atoms with Gasteiger partial charge in [-0.3, -0.25) is 9.78 Å². The average molecular weight is 516 g/mol. The Labute approximate surface area is 225 Å². The van der Waals surface area contributed by atoms with Crippen molar-refractivity contribution >= 4 is 11.5 Å². The van der Waals surface area contributed by atoms with E-state index in [0.29, 0.717) is 19.6 Å². The minimum Gasteiger partial charge on any atom is -0.493 e. The van der Waals surface area contributed by atoms with E-state index < -0.39 is 0 Å². The highest BCUT2D eigenvalue weighted by molar-refractivity contribution is 5.79. The van der Waals surface area contributed by atoms with E-state index in [1.54, 1.807) is 6.20 Å². The van der Waals surface area contributed by atoms with E-state index in [4.69, 9.17) is 18.9 Å². The van der Waals surface area contributed by atoms with E-state index in [2.05, 4.69) is 53.5 Å². The number of nitrogens with zero attached hydrogens (tertiary/aromatic N) is 1. The Balaban J connectivity index is 1.30. The molecule has 200 valence electrons. The lowest BCUT2D eigenvalue weighted by Gasteiger charge is -2.23. The monoisotopic (exact) mass is 515 g/mol. The summed E-state index contributed by atoms with van der Waals surface area (Å²) in [5.41, 5.74) is 5.58. The van der Waals surface area contributed by atoms with Crippen molar-refractivity contribution in [2.45, 2.75) is 51.7 Å². The highest BCUT2D eigenvalue weighted by Crippen LogP contribution is 2.26. The van der Waals surface area contributed by atoms with Gasteiger partial charge in [-0.15, -0.1) is 0 Å². The molecule has 0 atom stereocenters. The van der Waals surface area contributed by atoms with Crippen LogP contribution < -0.4 is 4.74 Å². The number of carbonyl (C=O) groups is 1. The third-order valence-corrected chi connectivity index (χ3v) is 6.37. The van der Waals surface area contributed by atoms with E-state index in [9.17, 15) is 4.79 Å². The molecule has 3 aromatic rings. The van der Waals surface area contributed by atoms with Crippen LogP contribution in [0.5, 0.6) is 5.75 Å². The van der Waals surface area contributed by atoms with Crippen molar-refractivity contribution in [2.24, 2.45) is 0 Å². The van der Waals surface area contributed by atoms with E-state index >= 15 is 0 Å². The minimum atomic E-state index is -0.247. The molecule has 6 heteroatoms. The summed E-state index contributed by atoms with van der Waals surface area (Å²) >= 11 is 0. The predicted molar refractivity (Wildman–Crippen MR) is 148 cm³/mol. The molecule has 4 rings (SSSR count). The van der Waals surface area contributed by atoms with Gasteiger partial charge >= 0.3 is 5.97 Å². The van der Waals surface area contributed by atoms with Crippen molar-refractivity contribution < 1.29 is 23.7 Å². The first-order valence-corrected chi connectivity index (χ1v) is 13.5. The molecule has 1 saturated heterocycles. The molecule has 0 spiro atoms.